The lowest BCUT2D eigenvalue weighted by Gasteiger charge is -2.20. The Kier molecular flexibility index (Phi) is 5.35. The number of allylic oxidation sites excluding steroid dienone is 1. The van der Waals surface area contributed by atoms with Gasteiger partial charge in [-0.3, -0.25) is 14.9 Å². The Bertz CT molecular complexity index is 968. The van der Waals surface area contributed by atoms with Crippen LogP contribution in [0.5, 0.6) is 11.5 Å². The third kappa shape index (κ3) is 3.31. The van der Waals surface area contributed by atoms with Crippen LogP contribution in [0.25, 0.3) is 0 Å². The van der Waals surface area contributed by atoms with Crippen molar-refractivity contribution in [1.29, 1.82) is 0 Å². The van der Waals surface area contributed by atoms with Gasteiger partial charge in [0, 0.05) is 29.3 Å². The molecular formula is C21H22N2O5. The van der Waals surface area contributed by atoms with Crippen LogP contribution in [0.2, 0.25) is 0 Å². The fourth-order valence-corrected chi connectivity index (χ4v) is 3.59. The van der Waals surface area contributed by atoms with E-state index in [1.165, 1.54) is 13.2 Å². The zero-order chi connectivity index (χ0) is 20.4. The summed E-state index contributed by atoms with van der Waals surface area (Å²) in [6.07, 6.45) is 2.90. The molecule has 0 radical (unpaired) electrons. The number of methoxy groups -OCH3 is 2. The highest BCUT2D eigenvalue weighted by Crippen LogP contribution is 2.37. The van der Waals surface area contributed by atoms with Crippen molar-refractivity contribution in [2.24, 2.45) is 0 Å². The van der Waals surface area contributed by atoms with E-state index >= 15 is 0 Å². The largest absolute Gasteiger partial charge is 0.493 e. The molecule has 0 atom stereocenters. The summed E-state index contributed by atoms with van der Waals surface area (Å²) in [6.45, 7) is 5.93. The zero-order valence-electron chi connectivity index (χ0n) is 16.2. The molecule has 2 aromatic carbocycles. The van der Waals surface area contributed by atoms with Gasteiger partial charge in [0.15, 0.2) is 11.5 Å². The van der Waals surface area contributed by atoms with Gasteiger partial charge in [0.05, 0.1) is 24.8 Å². The second kappa shape index (κ2) is 7.72. The van der Waals surface area contributed by atoms with Crippen molar-refractivity contribution in [2.45, 2.75) is 19.8 Å². The van der Waals surface area contributed by atoms with E-state index in [0.717, 1.165) is 11.1 Å². The van der Waals surface area contributed by atoms with E-state index in [1.54, 1.807) is 43.2 Å². The highest BCUT2D eigenvalue weighted by molar-refractivity contribution is 6.08. The van der Waals surface area contributed by atoms with E-state index in [4.69, 9.17) is 9.47 Å². The number of carbonyl (C=O) groups excluding carboxylic acids is 1. The summed E-state index contributed by atoms with van der Waals surface area (Å²) in [6, 6.07) is 6.67. The van der Waals surface area contributed by atoms with Crippen LogP contribution in [0.1, 0.15) is 27.0 Å². The number of hydrogen-bond acceptors (Lipinski definition) is 5. The van der Waals surface area contributed by atoms with Gasteiger partial charge in [-0.15, -0.1) is 6.58 Å². The summed E-state index contributed by atoms with van der Waals surface area (Å²) in [5.74, 6) is 0.787. The van der Waals surface area contributed by atoms with Crippen LogP contribution >= 0.6 is 0 Å². The number of nitrogens with zero attached hydrogens (tertiary/aromatic N) is 2. The summed E-state index contributed by atoms with van der Waals surface area (Å²) in [5, 5.41) is 11.3. The average molecular weight is 382 g/mol. The van der Waals surface area contributed by atoms with E-state index in [9.17, 15) is 14.9 Å². The van der Waals surface area contributed by atoms with Crippen LogP contribution in [0.15, 0.2) is 36.9 Å². The van der Waals surface area contributed by atoms with E-state index in [-0.39, 0.29) is 11.6 Å². The molecule has 28 heavy (non-hydrogen) atoms. The van der Waals surface area contributed by atoms with Gasteiger partial charge in [-0.25, -0.2) is 0 Å². The first-order chi connectivity index (χ1) is 13.4. The minimum Gasteiger partial charge on any atom is -0.493 e. The zero-order valence-corrected chi connectivity index (χ0v) is 16.2. The number of aryl methyl sites for hydroxylation is 1. The van der Waals surface area contributed by atoms with E-state index in [2.05, 4.69) is 6.58 Å². The second-order valence-corrected chi connectivity index (χ2v) is 6.59. The van der Waals surface area contributed by atoms with Crippen molar-refractivity contribution in [3.8, 4) is 11.5 Å². The molecule has 1 amide bonds. The number of ether oxygens (including phenoxy) is 2. The third-order valence-corrected chi connectivity index (χ3v) is 4.90. The van der Waals surface area contributed by atoms with Crippen molar-refractivity contribution in [2.75, 3.05) is 25.7 Å². The lowest BCUT2D eigenvalue weighted by Crippen LogP contribution is -2.29. The smallest absolute Gasteiger partial charge is 0.274 e. The van der Waals surface area contributed by atoms with Crippen molar-refractivity contribution >= 4 is 17.3 Å². The highest BCUT2D eigenvalue weighted by atomic mass is 16.6. The van der Waals surface area contributed by atoms with Crippen LogP contribution in [0, 0.1) is 17.0 Å². The van der Waals surface area contributed by atoms with Crippen molar-refractivity contribution in [3.63, 3.8) is 0 Å². The molecule has 0 unspecified atom stereocenters. The maximum Gasteiger partial charge on any atom is 0.274 e. The van der Waals surface area contributed by atoms with E-state index in [0.29, 0.717) is 47.7 Å². The molecule has 0 saturated heterocycles. The molecule has 0 spiro atoms. The Morgan fingerprint density at radius 3 is 2.64 bits per heavy atom. The topological polar surface area (TPSA) is 81.9 Å². The first-order valence-corrected chi connectivity index (χ1v) is 8.86. The van der Waals surface area contributed by atoms with Crippen LogP contribution in [-0.4, -0.2) is 31.6 Å². The molecule has 7 nitrogen and oxygen atoms in total. The molecule has 0 fully saturated rings. The first kappa shape index (κ1) is 19.4. The predicted octanol–water partition coefficient (Wildman–Crippen LogP) is 3.85. The molecule has 146 valence electrons. The fraction of sp³-hybridized carbons (Fsp3) is 0.286. The van der Waals surface area contributed by atoms with Gasteiger partial charge in [-0.1, -0.05) is 6.08 Å². The lowest BCUT2D eigenvalue weighted by molar-refractivity contribution is -0.385. The molecule has 2 aromatic rings. The van der Waals surface area contributed by atoms with Crippen LogP contribution < -0.4 is 14.4 Å². The number of benzene rings is 2. The number of fused-ring (bicyclic) bond motifs is 1. The highest BCUT2D eigenvalue weighted by Gasteiger charge is 2.29. The maximum atomic E-state index is 13.2. The number of amides is 1. The lowest BCUT2D eigenvalue weighted by atomic mass is 10.0. The molecule has 0 N–H and O–H groups in total. The Balaban J connectivity index is 2.05. The maximum absolute atomic E-state index is 13.2. The molecule has 0 bridgehead atoms. The minimum absolute atomic E-state index is 0.0121. The van der Waals surface area contributed by atoms with Gasteiger partial charge in [0.1, 0.15) is 0 Å². The first-order valence-electron chi connectivity index (χ1n) is 8.86. The minimum atomic E-state index is -0.421. The van der Waals surface area contributed by atoms with Crippen LogP contribution in [0.3, 0.4) is 0 Å². The van der Waals surface area contributed by atoms with Crippen LogP contribution in [0.4, 0.5) is 11.4 Å². The molecule has 1 aliphatic rings. The SMILES string of the molecule is C=CCc1cc(C(=O)N2CCc3cc(C)c([N+](=O)[O-])cc32)cc(OC)c1OC. The van der Waals surface area contributed by atoms with Crippen molar-refractivity contribution in [3.05, 3.63) is 69.3 Å². The van der Waals surface area contributed by atoms with E-state index in [1.807, 2.05) is 0 Å². The normalized spacial score (nSPS) is 12.5. The second-order valence-electron chi connectivity index (χ2n) is 6.59. The Morgan fingerprint density at radius 2 is 2.04 bits per heavy atom. The Morgan fingerprint density at radius 1 is 1.29 bits per heavy atom. The monoisotopic (exact) mass is 382 g/mol. The van der Waals surface area contributed by atoms with Gasteiger partial charge in [-0.2, -0.15) is 0 Å². The molecule has 3 rings (SSSR count). The summed E-state index contributed by atoms with van der Waals surface area (Å²) >= 11 is 0. The molecule has 0 saturated carbocycles. The van der Waals surface area contributed by atoms with E-state index < -0.39 is 4.92 Å². The standard InChI is InChI=1S/C21H22N2O5/c1-5-6-15-10-16(11-19(27-3)20(15)28-4)21(24)22-8-7-14-9-13(2)17(23(25)26)12-18(14)22/h5,9-12H,1,6-8H2,2-4H3. The Labute approximate surface area is 163 Å². The number of carbonyl (C=O) groups is 1. The molecule has 1 aliphatic heterocycles. The van der Waals surface area contributed by atoms with Crippen molar-refractivity contribution < 1.29 is 19.2 Å². The van der Waals surface area contributed by atoms with Gasteiger partial charge >= 0.3 is 0 Å². The third-order valence-electron chi connectivity index (χ3n) is 4.90. The summed E-state index contributed by atoms with van der Waals surface area (Å²) in [4.78, 5) is 25.7. The van der Waals surface area contributed by atoms with Gasteiger partial charge in [0.2, 0.25) is 0 Å². The number of anilines is 1. The number of nitro groups is 1. The average Bonchev–Trinajstić information content (AvgIpc) is 3.08. The Hall–Kier alpha value is -3.35. The van der Waals surface area contributed by atoms with Gasteiger partial charge in [-0.05, 0) is 43.5 Å². The fourth-order valence-electron chi connectivity index (χ4n) is 3.59. The molecule has 1 heterocycles. The predicted molar refractivity (Wildman–Crippen MR) is 107 cm³/mol. The van der Waals surface area contributed by atoms with Gasteiger partial charge < -0.3 is 14.4 Å². The number of nitro benzene ring substituents is 1. The molecule has 7 heteroatoms. The summed E-state index contributed by atoms with van der Waals surface area (Å²) in [5.41, 5.74) is 3.35. The summed E-state index contributed by atoms with van der Waals surface area (Å²) < 4.78 is 10.8. The van der Waals surface area contributed by atoms with Crippen LogP contribution in [-0.2, 0) is 12.8 Å². The van der Waals surface area contributed by atoms with Gasteiger partial charge in [0.25, 0.3) is 11.6 Å². The molecule has 0 aromatic heterocycles. The number of hydrogen-bond donors (Lipinski definition) is 0. The molecule has 0 aliphatic carbocycles. The van der Waals surface area contributed by atoms with Crippen molar-refractivity contribution in [1.82, 2.24) is 0 Å². The quantitative estimate of drug-likeness (QED) is 0.431. The number of rotatable bonds is 6. The summed E-state index contributed by atoms with van der Waals surface area (Å²) in [7, 11) is 3.06. The molecular weight excluding hydrogens is 360 g/mol.